The maximum Gasteiger partial charge on any atom is 0.170 e. The van der Waals surface area contributed by atoms with Gasteiger partial charge in [0.2, 0.25) is 0 Å². The maximum absolute atomic E-state index is 12.0. The third-order valence-corrected chi connectivity index (χ3v) is 3.33. The Balaban J connectivity index is 2.26. The molecule has 20 heavy (non-hydrogen) atoms. The molecule has 0 unspecified atom stereocenters. The van der Waals surface area contributed by atoms with Crippen molar-refractivity contribution in [2.24, 2.45) is 5.41 Å². The van der Waals surface area contributed by atoms with E-state index < -0.39 is 0 Å². The lowest BCUT2D eigenvalue weighted by Crippen LogP contribution is -2.32. The lowest BCUT2D eigenvalue weighted by atomic mass is 9.74. The second-order valence-corrected chi connectivity index (χ2v) is 5.87. The van der Waals surface area contributed by atoms with E-state index in [1.165, 1.54) is 6.08 Å². The molecule has 1 aliphatic carbocycles. The summed E-state index contributed by atoms with van der Waals surface area (Å²) in [6.07, 6.45) is 3.68. The predicted molar refractivity (Wildman–Crippen MR) is 78.2 cm³/mol. The molecule has 1 aliphatic rings. The molecule has 0 bridgehead atoms. The quantitative estimate of drug-likeness (QED) is 0.508. The van der Waals surface area contributed by atoms with Crippen molar-refractivity contribution in [3.63, 3.8) is 0 Å². The molecule has 0 spiro atoms. The first-order valence-electron chi connectivity index (χ1n) is 6.62. The van der Waals surface area contributed by atoms with Gasteiger partial charge in [-0.3, -0.25) is 9.59 Å². The van der Waals surface area contributed by atoms with Gasteiger partial charge in [-0.05, 0) is 17.1 Å². The minimum absolute atomic E-state index is 0.0588. The Morgan fingerprint density at radius 3 is 2.20 bits per heavy atom. The Kier molecular flexibility index (Phi) is 3.89. The molecule has 0 aliphatic heterocycles. The van der Waals surface area contributed by atoms with Crippen LogP contribution in [-0.2, 0) is 9.59 Å². The lowest BCUT2D eigenvalue weighted by molar-refractivity contribution is -0.127. The Morgan fingerprint density at radius 2 is 1.65 bits per heavy atom. The van der Waals surface area contributed by atoms with E-state index in [0.29, 0.717) is 0 Å². The molecule has 104 valence electrons. The van der Waals surface area contributed by atoms with Gasteiger partial charge in [0.05, 0.1) is 0 Å². The van der Waals surface area contributed by atoms with Crippen LogP contribution in [-0.4, -0.2) is 16.7 Å². The van der Waals surface area contributed by atoms with Gasteiger partial charge in [0.1, 0.15) is 11.3 Å². The number of aliphatic hydroxyl groups excluding tert-OH is 1. The molecule has 0 amide bonds. The highest BCUT2D eigenvalue weighted by atomic mass is 16.3. The van der Waals surface area contributed by atoms with Crippen molar-refractivity contribution in [1.29, 1.82) is 0 Å². The first-order chi connectivity index (χ1) is 9.39. The van der Waals surface area contributed by atoms with Gasteiger partial charge in [-0.2, -0.15) is 0 Å². The van der Waals surface area contributed by atoms with Crippen LogP contribution < -0.4 is 0 Å². The fraction of sp³-hybridized carbons (Fsp3) is 0.294. The SMILES string of the molecule is CC1(C)CC(=O)C(=C(O)/C=C/c2ccccc2)C(=O)C1. The third kappa shape index (κ3) is 3.23. The number of carbonyl (C=O) groups is 2. The van der Waals surface area contributed by atoms with E-state index in [-0.39, 0.29) is 41.2 Å². The van der Waals surface area contributed by atoms with Crippen LogP contribution in [0.15, 0.2) is 47.7 Å². The van der Waals surface area contributed by atoms with Crippen LogP contribution in [0.25, 0.3) is 6.08 Å². The number of hydrogen-bond donors (Lipinski definition) is 1. The number of aliphatic hydroxyl groups is 1. The molecule has 1 fully saturated rings. The van der Waals surface area contributed by atoms with Gasteiger partial charge in [0.25, 0.3) is 0 Å². The summed E-state index contributed by atoms with van der Waals surface area (Å²) in [5.41, 5.74) is 0.522. The number of carbonyl (C=O) groups excluding carboxylic acids is 2. The number of rotatable bonds is 2. The van der Waals surface area contributed by atoms with Crippen molar-refractivity contribution >= 4 is 17.6 Å². The number of hydrogen-bond acceptors (Lipinski definition) is 3. The van der Waals surface area contributed by atoms with E-state index in [1.807, 2.05) is 44.2 Å². The van der Waals surface area contributed by atoms with Gasteiger partial charge in [0.15, 0.2) is 11.6 Å². The zero-order valence-electron chi connectivity index (χ0n) is 11.7. The zero-order valence-corrected chi connectivity index (χ0v) is 11.7. The first-order valence-corrected chi connectivity index (χ1v) is 6.62. The van der Waals surface area contributed by atoms with Gasteiger partial charge in [-0.15, -0.1) is 0 Å². The van der Waals surface area contributed by atoms with Gasteiger partial charge in [-0.1, -0.05) is 50.3 Å². The average Bonchev–Trinajstić information content (AvgIpc) is 2.35. The topological polar surface area (TPSA) is 54.4 Å². The van der Waals surface area contributed by atoms with Crippen LogP contribution in [0, 0.1) is 5.41 Å². The second-order valence-electron chi connectivity index (χ2n) is 5.87. The molecule has 1 aromatic rings. The highest BCUT2D eigenvalue weighted by Gasteiger charge is 2.37. The van der Waals surface area contributed by atoms with Crippen molar-refractivity contribution in [2.45, 2.75) is 26.7 Å². The van der Waals surface area contributed by atoms with Crippen LogP contribution >= 0.6 is 0 Å². The fourth-order valence-electron chi connectivity index (χ4n) is 2.37. The highest BCUT2D eigenvalue weighted by Crippen LogP contribution is 2.34. The standard InChI is InChI=1S/C17H18O3/c1-17(2)10-14(19)16(15(20)11-17)13(18)9-8-12-6-4-3-5-7-12/h3-9,18H,10-11H2,1-2H3/b9-8+. The normalized spacial score (nSPS) is 18.6. The molecule has 1 aromatic carbocycles. The van der Waals surface area contributed by atoms with Crippen molar-refractivity contribution < 1.29 is 14.7 Å². The van der Waals surface area contributed by atoms with Gasteiger partial charge in [0, 0.05) is 12.8 Å². The van der Waals surface area contributed by atoms with Crippen molar-refractivity contribution in [2.75, 3.05) is 0 Å². The minimum Gasteiger partial charge on any atom is -0.507 e. The Labute approximate surface area is 118 Å². The summed E-state index contributed by atoms with van der Waals surface area (Å²) in [6, 6.07) is 9.41. The summed E-state index contributed by atoms with van der Waals surface area (Å²) in [5.74, 6) is -0.790. The summed E-state index contributed by atoms with van der Waals surface area (Å²) in [6.45, 7) is 3.77. The Hall–Kier alpha value is -2.16. The van der Waals surface area contributed by atoms with E-state index in [2.05, 4.69) is 0 Å². The summed E-state index contributed by atoms with van der Waals surface area (Å²) in [4.78, 5) is 24.0. The summed E-state index contributed by atoms with van der Waals surface area (Å²) >= 11 is 0. The van der Waals surface area contributed by atoms with Crippen LogP contribution in [0.2, 0.25) is 0 Å². The monoisotopic (exact) mass is 270 g/mol. The van der Waals surface area contributed by atoms with Crippen molar-refractivity contribution in [3.8, 4) is 0 Å². The minimum atomic E-state index is -0.318. The molecule has 3 nitrogen and oxygen atoms in total. The van der Waals surface area contributed by atoms with Gasteiger partial charge >= 0.3 is 0 Å². The summed E-state index contributed by atoms with van der Waals surface area (Å²) in [7, 11) is 0. The van der Waals surface area contributed by atoms with E-state index in [1.54, 1.807) is 6.08 Å². The molecule has 0 aromatic heterocycles. The zero-order chi connectivity index (χ0) is 14.8. The molecule has 0 atom stereocenters. The molecule has 1 saturated carbocycles. The molecule has 3 heteroatoms. The predicted octanol–water partition coefficient (Wildman–Crippen LogP) is 3.47. The molecule has 0 radical (unpaired) electrons. The Bertz CT molecular complexity index is 570. The summed E-state index contributed by atoms with van der Waals surface area (Å²) in [5, 5.41) is 10.00. The molecule has 1 N–H and O–H groups in total. The van der Waals surface area contributed by atoms with Gasteiger partial charge in [-0.25, -0.2) is 0 Å². The average molecular weight is 270 g/mol. The first kappa shape index (κ1) is 14.3. The van der Waals surface area contributed by atoms with E-state index in [0.717, 1.165) is 5.56 Å². The van der Waals surface area contributed by atoms with Gasteiger partial charge < -0.3 is 5.11 Å². The molecular formula is C17H18O3. The molecular weight excluding hydrogens is 252 g/mol. The smallest absolute Gasteiger partial charge is 0.170 e. The number of benzene rings is 1. The van der Waals surface area contributed by atoms with E-state index in [4.69, 9.17) is 0 Å². The number of ketones is 2. The maximum atomic E-state index is 12.0. The van der Waals surface area contributed by atoms with E-state index in [9.17, 15) is 14.7 Å². The summed E-state index contributed by atoms with van der Waals surface area (Å²) < 4.78 is 0. The van der Waals surface area contributed by atoms with E-state index >= 15 is 0 Å². The largest absolute Gasteiger partial charge is 0.507 e. The molecule has 0 saturated heterocycles. The molecule has 0 heterocycles. The van der Waals surface area contributed by atoms with Crippen molar-refractivity contribution in [1.82, 2.24) is 0 Å². The van der Waals surface area contributed by atoms with Crippen LogP contribution in [0.1, 0.15) is 32.3 Å². The fourth-order valence-corrected chi connectivity index (χ4v) is 2.37. The number of allylic oxidation sites excluding steroid dienone is 2. The third-order valence-electron chi connectivity index (χ3n) is 3.33. The number of Topliss-reactive ketones (excluding diaryl/α,β-unsaturated/α-hetero) is 2. The second kappa shape index (κ2) is 5.45. The van der Waals surface area contributed by atoms with Crippen LogP contribution in [0.4, 0.5) is 0 Å². The lowest BCUT2D eigenvalue weighted by Gasteiger charge is -2.28. The highest BCUT2D eigenvalue weighted by molar-refractivity contribution is 6.22. The van der Waals surface area contributed by atoms with Crippen LogP contribution in [0.3, 0.4) is 0 Å². The van der Waals surface area contributed by atoms with Crippen molar-refractivity contribution in [3.05, 3.63) is 53.3 Å². The van der Waals surface area contributed by atoms with Crippen LogP contribution in [0.5, 0.6) is 0 Å². The molecule has 2 rings (SSSR count). The Morgan fingerprint density at radius 1 is 1.10 bits per heavy atom.